The van der Waals surface area contributed by atoms with E-state index in [-0.39, 0.29) is 17.4 Å². The number of nitrogens with one attached hydrogen (secondary N) is 1. The molecule has 7 heteroatoms. The molecule has 7 nitrogen and oxygen atoms in total. The van der Waals surface area contributed by atoms with Gasteiger partial charge < -0.3 is 15.0 Å². The predicted molar refractivity (Wildman–Crippen MR) is 159 cm³/mol. The van der Waals surface area contributed by atoms with Gasteiger partial charge in [0.05, 0.1) is 12.0 Å². The molecule has 3 aromatic rings. The summed E-state index contributed by atoms with van der Waals surface area (Å²) in [7, 11) is 5.63. The van der Waals surface area contributed by atoms with Crippen molar-refractivity contribution in [2.45, 2.75) is 26.2 Å². The molecule has 0 radical (unpaired) electrons. The molecule has 0 amide bonds. The molecule has 0 bridgehead atoms. The topological polar surface area (TPSA) is 84.7 Å². The molecule has 0 saturated carbocycles. The van der Waals surface area contributed by atoms with E-state index >= 15 is 0 Å². The van der Waals surface area contributed by atoms with Crippen LogP contribution in [0.15, 0.2) is 95.7 Å². The van der Waals surface area contributed by atoms with Crippen LogP contribution in [-0.4, -0.2) is 31.9 Å². The third-order valence-corrected chi connectivity index (χ3v) is 7.68. The number of hydrogen-bond acceptors (Lipinski definition) is 6. The van der Waals surface area contributed by atoms with Crippen LogP contribution < -0.4 is 15.0 Å². The average Bonchev–Trinajstić information content (AvgIpc) is 2.94. The molecule has 0 spiro atoms. The first kappa shape index (κ1) is 26.9. The van der Waals surface area contributed by atoms with Gasteiger partial charge in [-0.3, -0.25) is 14.9 Å². The van der Waals surface area contributed by atoms with Crippen molar-refractivity contribution >= 4 is 28.9 Å². The molecule has 0 fully saturated rings. The Morgan fingerprint density at radius 1 is 1.00 bits per heavy atom. The first-order chi connectivity index (χ1) is 19.1. The van der Waals surface area contributed by atoms with Crippen molar-refractivity contribution in [1.29, 1.82) is 0 Å². The molecule has 40 heavy (non-hydrogen) atoms. The number of nitro benzene ring substituents is 1. The Morgan fingerprint density at radius 3 is 2.23 bits per heavy atom. The standard InChI is InChI=1S/C33H33N3O4/c1-33(2)20-30-31(32(37)28(33)18-21-6-12-24(13-7-21)35(3)4)27(22-8-14-25(15-9-22)36(38)39)19-29(34-30)23-10-16-26(40-5)17-11-23/h6-19,27,34H,20H2,1-5H3/b28-18+. The number of nitro groups is 1. The van der Waals surface area contributed by atoms with E-state index < -0.39 is 10.3 Å². The fraction of sp³-hybridized carbons (Fsp3) is 0.242. The molecule has 2 aliphatic rings. The second-order valence-electron chi connectivity index (χ2n) is 11.1. The van der Waals surface area contributed by atoms with E-state index in [0.717, 1.165) is 45.1 Å². The number of non-ortho nitro benzene ring substituents is 1. The van der Waals surface area contributed by atoms with Gasteiger partial charge in [0.25, 0.3) is 5.69 Å². The number of anilines is 1. The maximum Gasteiger partial charge on any atom is 0.269 e. The molecular formula is C33H33N3O4. The number of allylic oxidation sites excluding steroid dienone is 4. The zero-order chi connectivity index (χ0) is 28.6. The number of methoxy groups -OCH3 is 1. The quantitative estimate of drug-likeness (QED) is 0.214. The predicted octanol–water partition coefficient (Wildman–Crippen LogP) is 6.73. The molecular weight excluding hydrogens is 502 g/mol. The lowest BCUT2D eigenvalue weighted by atomic mass is 9.67. The maximum absolute atomic E-state index is 14.3. The van der Waals surface area contributed by atoms with Crippen LogP contribution in [0.4, 0.5) is 11.4 Å². The second kappa shape index (κ2) is 10.5. The lowest BCUT2D eigenvalue weighted by molar-refractivity contribution is -0.384. The molecule has 204 valence electrons. The van der Waals surface area contributed by atoms with E-state index in [1.165, 1.54) is 12.1 Å². The highest BCUT2D eigenvalue weighted by atomic mass is 16.6. The minimum absolute atomic E-state index is 0.0104. The first-order valence-corrected chi connectivity index (χ1v) is 13.2. The summed E-state index contributed by atoms with van der Waals surface area (Å²) in [6, 6.07) is 22.4. The summed E-state index contributed by atoms with van der Waals surface area (Å²) in [5.74, 6) is 0.385. The Morgan fingerprint density at radius 2 is 1.65 bits per heavy atom. The Bertz CT molecular complexity index is 1540. The Labute approximate surface area is 234 Å². The smallest absolute Gasteiger partial charge is 0.269 e. The van der Waals surface area contributed by atoms with E-state index in [0.29, 0.717) is 12.0 Å². The minimum Gasteiger partial charge on any atom is -0.497 e. The number of nitrogens with zero attached hydrogens (tertiary/aromatic N) is 2. The largest absolute Gasteiger partial charge is 0.497 e. The second-order valence-corrected chi connectivity index (χ2v) is 11.1. The van der Waals surface area contributed by atoms with Gasteiger partial charge in [-0.05, 0) is 77.1 Å². The third kappa shape index (κ3) is 5.15. The number of Topliss-reactive ketones (excluding diaryl/α,β-unsaturated/α-hetero) is 1. The molecule has 1 heterocycles. The summed E-state index contributed by atoms with van der Waals surface area (Å²) < 4.78 is 5.33. The Hall–Kier alpha value is -4.65. The van der Waals surface area contributed by atoms with Gasteiger partial charge in [0.2, 0.25) is 0 Å². The summed E-state index contributed by atoms with van der Waals surface area (Å²) in [5.41, 5.74) is 6.66. The highest BCUT2D eigenvalue weighted by Gasteiger charge is 2.42. The molecule has 1 unspecified atom stereocenters. The number of ketones is 1. The van der Waals surface area contributed by atoms with Gasteiger partial charge in [0, 0.05) is 60.4 Å². The monoisotopic (exact) mass is 535 g/mol. The fourth-order valence-electron chi connectivity index (χ4n) is 5.42. The van der Waals surface area contributed by atoms with Gasteiger partial charge in [0.1, 0.15) is 5.75 Å². The zero-order valence-corrected chi connectivity index (χ0v) is 23.4. The average molecular weight is 536 g/mol. The van der Waals surface area contributed by atoms with E-state index in [4.69, 9.17) is 4.74 Å². The van der Waals surface area contributed by atoms with Gasteiger partial charge in [-0.25, -0.2) is 0 Å². The summed E-state index contributed by atoms with van der Waals surface area (Å²) >= 11 is 0. The number of rotatable bonds is 6. The molecule has 0 saturated heterocycles. The summed E-state index contributed by atoms with van der Waals surface area (Å²) in [5, 5.41) is 14.9. The highest BCUT2D eigenvalue weighted by Crippen LogP contribution is 2.48. The van der Waals surface area contributed by atoms with Crippen LogP contribution in [0.5, 0.6) is 5.75 Å². The molecule has 1 N–H and O–H groups in total. The van der Waals surface area contributed by atoms with Gasteiger partial charge >= 0.3 is 0 Å². The maximum atomic E-state index is 14.3. The molecule has 5 rings (SSSR count). The fourth-order valence-corrected chi connectivity index (χ4v) is 5.42. The van der Waals surface area contributed by atoms with Gasteiger partial charge in [-0.1, -0.05) is 38.1 Å². The summed E-state index contributed by atoms with van der Waals surface area (Å²) in [4.78, 5) is 27.2. The molecule has 1 aliphatic heterocycles. The van der Waals surface area contributed by atoms with Gasteiger partial charge in [-0.2, -0.15) is 0 Å². The van der Waals surface area contributed by atoms with Crippen molar-refractivity contribution in [2.24, 2.45) is 5.41 Å². The van der Waals surface area contributed by atoms with Crippen LogP contribution in [-0.2, 0) is 4.79 Å². The number of carbonyl (C=O) groups excluding carboxylic acids is 1. The first-order valence-electron chi connectivity index (χ1n) is 13.2. The zero-order valence-electron chi connectivity index (χ0n) is 23.4. The molecule has 3 aromatic carbocycles. The van der Waals surface area contributed by atoms with E-state index in [9.17, 15) is 14.9 Å². The minimum atomic E-state index is -0.411. The van der Waals surface area contributed by atoms with Crippen molar-refractivity contribution in [1.82, 2.24) is 5.32 Å². The molecule has 1 aliphatic carbocycles. The van der Waals surface area contributed by atoms with Crippen LogP contribution in [0, 0.1) is 15.5 Å². The van der Waals surface area contributed by atoms with Crippen LogP contribution in [0.25, 0.3) is 11.8 Å². The molecule has 1 atom stereocenters. The molecule has 0 aromatic heterocycles. The SMILES string of the molecule is COc1ccc(C2=CC(c3ccc([N+](=O)[O-])cc3)C3=C(CC(C)(C)/C(=C/c4ccc(N(C)C)cc4)C3=O)N2)cc1. The Balaban J connectivity index is 1.60. The normalized spacial score (nSPS) is 19.0. The van der Waals surface area contributed by atoms with Gasteiger partial charge in [0.15, 0.2) is 5.78 Å². The van der Waals surface area contributed by atoms with Crippen molar-refractivity contribution in [2.75, 3.05) is 26.1 Å². The van der Waals surface area contributed by atoms with Crippen molar-refractivity contribution in [3.63, 3.8) is 0 Å². The van der Waals surface area contributed by atoms with E-state index in [2.05, 4.69) is 19.2 Å². The van der Waals surface area contributed by atoms with E-state index in [1.54, 1.807) is 19.2 Å². The number of carbonyl (C=O) groups is 1. The number of benzene rings is 3. The van der Waals surface area contributed by atoms with Crippen molar-refractivity contribution in [3.8, 4) is 5.75 Å². The number of dihydropyridines is 1. The summed E-state index contributed by atoms with van der Waals surface area (Å²) in [6.45, 7) is 4.20. The van der Waals surface area contributed by atoms with Crippen LogP contribution >= 0.6 is 0 Å². The number of hydrogen-bond donors (Lipinski definition) is 1. The number of ether oxygens (including phenoxy) is 1. The van der Waals surface area contributed by atoms with Crippen molar-refractivity contribution in [3.05, 3.63) is 123 Å². The van der Waals surface area contributed by atoms with Crippen molar-refractivity contribution < 1.29 is 14.5 Å². The van der Waals surface area contributed by atoms with Crippen LogP contribution in [0.1, 0.15) is 42.9 Å². The lowest BCUT2D eigenvalue weighted by Crippen LogP contribution is -2.37. The van der Waals surface area contributed by atoms with Crippen LogP contribution in [0.2, 0.25) is 0 Å². The third-order valence-electron chi connectivity index (χ3n) is 7.68. The Kier molecular flexibility index (Phi) is 7.06. The lowest BCUT2D eigenvalue weighted by Gasteiger charge is -2.40. The highest BCUT2D eigenvalue weighted by molar-refractivity contribution is 6.15. The van der Waals surface area contributed by atoms with Crippen LogP contribution in [0.3, 0.4) is 0 Å². The summed E-state index contributed by atoms with van der Waals surface area (Å²) in [6.07, 6.45) is 4.69. The van der Waals surface area contributed by atoms with Gasteiger partial charge in [-0.15, -0.1) is 0 Å². The van der Waals surface area contributed by atoms with E-state index in [1.807, 2.05) is 79.7 Å².